The van der Waals surface area contributed by atoms with Crippen molar-refractivity contribution in [1.29, 1.82) is 0 Å². The first kappa shape index (κ1) is 34.0. The highest BCUT2D eigenvalue weighted by atomic mass is 35.5. The second-order valence-electron chi connectivity index (χ2n) is 13.3. The van der Waals surface area contributed by atoms with Crippen LogP contribution in [0.25, 0.3) is 0 Å². The van der Waals surface area contributed by atoms with Crippen molar-refractivity contribution in [2.75, 3.05) is 20.1 Å². The Labute approximate surface area is 268 Å². The van der Waals surface area contributed by atoms with Crippen molar-refractivity contribution in [3.63, 3.8) is 0 Å². The van der Waals surface area contributed by atoms with E-state index < -0.39 is 12.1 Å². The summed E-state index contributed by atoms with van der Waals surface area (Å²) in [6, 6.07) is 14.2. The van der Waals surface area contributed by atoms with E-state index in [1.807, 2.05) is 63.2 Å². The molecule has 7 nitrogen and oxygen atoms in total. The molecule has 3 N–H and O–H groups in total. The number of rotatable bonds is 12. The summed E-state index contributed by atoms with van der Waals surface area (Å²) in [5.41, 5.74) is 2.90. The standard InChI is InChI=1S/C36H51ClN4O3/c1-5-31(38-34(42)27-15-13-25(14-16-27)22-26-17-19-41(4)20-18-26)35(43)40-33(21-24(2)3)36(44)39-32-12-7-6-11-30(32)28-9-8-10-29(37)23-28/h8-10,13-16,23-24,26,30-33H,5-7,11-12,17-22H2,1-4H3,(H,38,42)(H,39,44)(H,40,43)/t30-,31-,32+,33-/m0/s1. The SMILES string of the molecule is CC[C@H](NC(=O)c1ccc(CC2CCN(C)CC2)cc1)C(=O)N[C@@H](CC(C)C)C(=O)N[C@@H]1CCCC[C@H]1c1cccc(Cl)c1. The lowest BCUT2D eigenvalue weighted by Gasteiger charge is -2.34. The maximum absolute atomic E-state index is 13.6. The summed E-state index contributed by atoms with van der Waals surface area (Å²) in [4.78, 5) is 42.6. The molecule has 0 bridgehead atoms. The van der Waals surface area contributed by atoms with Crippen LogP contribution in [0.1, 0.15) is 99.5 Å². The van der Waals surface area contributed by atoms with Crippen molar-refractivity contribution in [1.82, 2.24) is 20.9 Å². The third-order valence-corrected chi connectivity index (χ3v) is 9.55. The summed E-state index contributed by atoms with van der Waals surface area (Å²) in [5.74, 6) is 0.261. The zero-order valence-electron chi connectivity index (χ0n) is 26.9. The fraction of sp³-hybridized carbons (Fsp3) is 0.583. The number of piperidine rings is 1. The van der Waals surface area contributed by atoms with Crippen LogP contribution in [0.5, 0.6) is 0 Å². The molecule has 1 aliphatic heterocycles. The topological polar surface area (TPSA) is 90.5 Å². The van der Waals surface area contributed by atoms with Crippen LogP contribution in [0.3, 0.4) is 0 Å². The van der Waals surface area contributed by atoms with E-state index in [4.69, 9.17) is 11.6 Å². The average molecular weight is 623 g/mol. The summed E-state index contributed by atoms with van der Waals surface area (Å²) in [5, 5.41) is 9.84. The molecule has 4 rings (SSSR count). The first-order valence-corrected chi connectivity index (χ1v) is 16.9. The zero-order chi connectivity index (χ0) is 31.6. The molecule has 0 spiro atoms. The Hall–Kier alpha value is -2.90. The van der Waals surface area contributed by atoms with Gasteiger partial charge in [-0.25, -0.2) is 0 Å². The lowest BCUT2D eigenvalue weighted by atomic mass is 9.80. The Morgan fingerprint density at radius 3 is 2.27 bits per heavy atom. The molecule has 0 radical (unpaired) electrons. The predicted molar refractivity (Wildman–Crippen MR) is 178 cm³/mol. The maximum atomic E-state index is 13.6. The third kappa shape index (κ3) is 9.80. The van der Waals surface area contributed by atoms with Gasteiger partial charge >= 0.3 is 0 Å². The van der Waals surface area contributed by atoms with Crippen LogP contribution in [-0.4, -0.2) is 60.9 Å². The molecular formula is C36H51ClN4O3. The smallest absolute Gasteiger partial charge is 0.251 e. The minimum atomic E-state index is -0.738. The molecule has 2 aromatic carbocycles. The van der Waals surface area contributed by atoms with Gasteiger partial charge in [0.25, 0.3) is 5.91 Å². The fourth-order valence-electron chi connectivity index (χ4n) is 6.68. The maximum Gasteiger partial charge on any atom is 0.251 e. The van der Waals surface area contributed by atoms with Crippen LogP contribution >= 0.6 is 11.6 Å². The lowest BCUT2D eigenvalue weighted by Crippen LogP contribution is -2.55. The van der Waals surface area contributed by atoms with Crippen molar-refractivity contribution >= 4 is 29.3 Å². The Bertz CT molecular complexity index is 1240. The number of amides is 3. The zero-order valence-corrected chi connectivity index (χ0v) is 27.7. The molecule has 0 unspecified atom stereocenters. The van der Waals surface area contributed by atoms with Gasteiger partial charge in [0.15, 0.2) is 0 Å². The highest BCUT2D eigenvalue weighted by molar-refractivity contribution is 6.30. The van der Waals surface area contributed by atoms with Gasteiger partial charge in [0.1, 0.15) is 12.1 Å². The molecule has 2 aromatic rings. The first-order valence-electron chi connectivity index (χ1n) is 16.6. The minimum Gasteiger partial charge on any atom is -0.351 e. The van der Waals surface area contributed by atoms with Crippen LogP contribution in [0.15, 0.2) is 48.5 Å². The van der Waals surface area contributed by atoms with Crippen LogP contribution in [-0.2, 0) is 16.0 Å². The quantitative estimate of drug-likeness (QED) is 0.267. The van der Waals surface area contributed by atoms with E-state index in [0.29, 0.717) is 29.3 Å². The predicted octanol–water partition coefficient (Wildman–Crippen LogP) is 6.11. The number of nitrogens with one attached hydrogen (secondary N) is 3. The van der Waals surface area contributed by atoms with E-state index >= 15 is 0 Å². The number of hydrogen-bond donors (Lipinski definition) is 3. The third-order valence-electron chi connectivity index (χ3n) is 9.32. The van der Waals surface area contributed by atoms with Gasteiger partial charge in [-0.3, -0.25) is 14.4 Å². The Balaban J connectivity index is 1.35. The summed E-state index contributed by atoms with van der Waals surface area (Å²) in [6.07, 6.45) is 8.37. The van der Waals surface area contributed by atoms with Gasteiger partial charge in [0.2, 0.25) is 11.8 Å². The molecule has 2 aliphatic rings. The molecular weight excluding hydrogens is 572 g/mol. The largest absolute Gasteiger partial charge is 0.351 e. The van der Waals surface area contributed by atoms with Crippen molar-refractivity contribution < 1.29 is 14.4 Å². The molecule has 3 amide bonds. The van der Waals surface area contributed by atoms with Gasteiger partial charge in [0, 0.05) is 22.5 Å². The molecule has 2 fully saturated rings. The number of halogens is 1. The molecule has 1 aliphatic carbocycles. The number of carbonyl (C=O) groups excluding carboxylic acids is 3. The lowest BCUT2D eigenvalue weighted by molar-refractivity contribution is -0.131. The monoisotopic (exact) mass is 622 g/mol. The van der Waals surface area contributed by atoms with E-state index in [1.165, 1.54) is 18.4 Å². The van der Waals surface area contributed by atoms with E-state index in [2.05, 4.69) is 34.0 Å². The van der Waals surface area contributed by atoms with Crippen LogP contribution in [0.4, 0.5) is 0 Å². The summed E-state index contributed by atoms with van der Waals surface area (Å²) < 4.78 is 0. The second-order valence-corrected chi connectivity index (χ2v) is 13.8. The van der Waals surface area contributed by atoms with Crippen LogP contribution in [0.2, 0.25) is 5.02 Å². The summed E-state index contributed by atoms with van der Waals surface area (Å²) in [7, 11) is 2.17. The van der Waals surface area contributed by atoms with Gasteiger partial charge in [0.05, 0.1) is 0 Å². The average Bonchev–Trinajstić information content (AvgIpc) is 3.01. The molecule has 0 aromatic heterocycles. The highest BCUT2D eigenvalue weighted by Gasteiger charge is 2.32. The molecule has 1 saturated carbocycles. The summed E-state index contributed by atoms with van der Waals surface area (Å²) >= 11 is 6.28. The Morgan fingerprint density at radius 2 is 1.61 bits per heavy atom. The first-order chi connectivity index (χ1) is 21.1. The number of nitrogens with zero attached hydrogens (tertiary/aromatic N) is 1. The minimum absolute atomic E-state index is 0.0228. The van der Waals surface area contributed by atoms with Crippen LogP contribution < -0.4 is 16.0 Å². The number of likely N-dealkylation sites (tertiary alicyclic amines) is 1. The molecule has 8 heteroatoms. The normalized spacial score (nSPS) is 21.0. The van der Waals surface area contributed by atoms with Crippen molar-refractivity contribution in [2.45, 2.75) is 103 Å². The van der Waals surface area contributed by atoms with Gasteiger partial charge in [-0.2, -0.15) is 0 Å². The molecule has 44 heavy (non-hydrogen) atoms. The Kier molecular flexibility index (Phi) is 12.7. The second kappa shape index (κ2) is 16.4. The van der Waals surface area contributed by atoms with Gasteiger partial charge in [-0.15, -0.1) is 0 Å². The fourth-order valence-corrected chi connectivity index (χ4v) is 6.88. The van der Waals surface area contributed by atoms with E-state index in [0.717, 1.165) is 50.8 Å². The van der Waals surface area contributed by atoms with Gasteiger partial charge in [-0.05, 0) is 112 Å². The van der Waals surface area contributed by atoms with Gasteiger partial charge < -0.3 is 20.9 Å². The highest BCUT2D eigenvalue weighted by Crippen LogP contribution is 2.34. The van der Waals surface area contributed by atoms with E-state index in [9.17, 15) is 14.4 Å². The molecule has 1 heterocycles. The molecule has 1 saturated heterocycles. The Morgan fingerprint density at radius 1 is 0.909 bits per heavy atom. The molecule has 240 valence electrons. The van der Waals surface area contributed by atoms with Crippen LogP contribution in [0, 0.1) is 11.8 Å². The summed E-state index contributed by atoms with van der Waals surface area (Å²) in [6.45, 7) is 8.21. The van der Waals surface area contributed by atoms with Gasteiger partial charge in [-0.1, -0.05) is 69.5 Å². The molecule has 4 atom stereocenters. The number of carbonyl (C=O) groups is 3. The van der Waals surface area contributed by atoms with Crippen molar-refractivity contribution in [3.05, 3.63) is 70.2 Å². The van der Waals surface area contributed by atoms with Crippen molar-refractivity contribution in [3.8, 4) is 0 Å². The van der Waals surface area contributed by atoms with E-state index in [1.54, 1.807) is 0 Å². The van der Waals surface area contributed by atoms with Crippen molar-refractivity contribution in [2.24, 2.45) is 11.8 Å². The van der Waals surface area contributed by atoms with E-state index in [-0.39, 0.29) is 35.6 Å². The number of benzene rings is 2. The number of hydrogen-bond acceptors (Lipinski definition) is 4.